The second-order valence-corrected chi connectivity index (χ2v) is 5.40. The van der Waals surface area contributed by atoms with Crippen LogP contribution in [0.1, 0.15) is 31.4 Å². The van der Waals surface area contributed by atoms with E-state index in [9.17, 15) is 0 Å². The van der Waals surface area contributed by atoms with E-state index in [0.717, 1.165) is 48.0 Å². The molecule has 112 valence electrons. The van der Waals surface area contributed by atoms with E-state index in [4.69, 9.17) is 16.3 Å². The maximum atomic E-state index is 6.31. The Hall–Kier alpha value is -1.51. The van der Waals surface area contributed by atoms with Crippen molar-refractivity contribution in [3.63, 3.8) is 0 Å². The Morgan fingerprint density at radius 2 is 1.90 bits per heavy atom. The first kappa shape index (κ1) is 15.9. The van der Waals surface area contributed by atoms with Crippen LogP contribution < -0.4 is 10.1 Å². The smallest absolute Gasteiger partial charge is 0.133 e. The van der Waals surface area contributed by atoms with Gasteiger partial charge in [-0.1, -0.05) is 43.6 Å². The van der Waals surface area contributed by atoms with Gasteiger partial charge in [0.2, 0.25) is 0 Å². The van der Waals surface area contributed by atoms with E-state index in [-0.39, 0.29) is 0 Å². The lowest BCUT2D eigenvalue weighted by Crippen LogP contribution is -2.14. The van der Waals surface area contributed by atoms with Crippen molar-refractivity contribution in [2.45, 2.75) is 33.2 Å². The van der Waals surface area contributed by atoms with E-state index in [1.165, 1.54) is 5.56 Å². The van der Waals surface area contributed by atoms with Crippen LogP contribution in [0.3, 0.4) is 0 Å². The van der Waals surface area contributed by atoms with Crippen LogP contribution in [0.2, 0.25) is 5.02 Å². The Balaban J connectivity index is 2.20. The summed E-state index contributed by atoms with van der Waals surface area (Å²) in [6.45, 7) is 5.97. The molecule has 0 aromatic heterocycles. The quantitative estimate of drug-likeness (QED) is 0.710. The summed E-state index contributed by atoms with van der Waals surface area (Å²) in [5, 5.41) is 4.12. The van der Waals surface area contributed by atoms with Crippen molar-refractivity contribution >= 4 is 11.6 Å². The molecule has 0 saturated carbocycles. The fourth-order valence-corrected chi connectivity index (χ4v) is 2.38. The molecular formula is C18H22ClNO. The molecule has 2 nitrogen and oxygen atoms in total. The van der Waals surface area contributed by atoms with Gasteiger partial charge < -0.3 is 10.1 Å². The highest BCUT2D eigenvalue weighted by atomic mass is 35.5. The maximum Gasteiger partial charge on any atom is 0.133 e. The predicted molar refractivity (Wildman–Crippen MR) is 89.3 cm³/mol. The third-order valence-corrected chi connectivity index (χ3v) is 3.69. The number of ether oxygens (including phenoxy) is 1. The van der Waals surface area contributed by atoms with Crippen LogP contribution in [0.15, 0.2) is 42.5 Å². The van der Waals surface area contributed by atoms with E-state index in [0.29, 0.717) is 0 Å². The standard InChI is InChI=1S/C18H22ClNO/c1-3-11-20-13-16-17(19)9-6-10-18(16)21-15-8-5-7-14(4-2)12-15/h5-10,12,20H,3-4,11,13H2,1-2H3. The zero-order chi connectivity index (χ0) is 15.1. The lowest BCUT2D eigenvalue weighted by molar-refractivity contribution is 0.472. The Kier molecular flexibility index (Phi) is 6.09. The summed E-state index contributed by atoms with van der Waals surface area (Å²) < 4.78 is 6.04. The Morgan fingerprint density at radius 3 is 2.67 bits per heavy atom. The maximum absolute atomic E-state index is 6.31. The fraction of sp³-hybridized carbons (Fsp3) is 0.333. The van der Waals surface area contributed by atoms with E-state index < -0.39 is 0 Å². The monoisotopic (exact) mass is 303 g/mol. The highest BCUT2D eigenvalue weighted by molar-refractivity contribution is 6.31. The third-order valence-electron chi connectivity index (χ3n) is 3.34. The number of rotatable bonds is 7. The second-order valence-electron chi connectivity index (χ2n) is 5.00. The zero-order valence-electron chi connectivity index (χ0n) is 12.7. The highest BCUT2D eigenvalue weighted by Gasteiger charge is 2.09. The average Bonchev–Trinajstić information content (AvgIpc) is 2.50. The van der Waals surface area contributed by atoms with Gasteiger partial charge in [0.15, 0.2) is 0 Å². The average molecular weight is 304 g/mol. The number of benzene rings is 2. The zero-order valence-corrected chi connectivity index (χ0v) is 13.4. The molecule has 1 N–H and O–H groups in total. The molecule has 0 aliphatic rings. The van der Waals surface area contributed by atoms with E-state index in [1.807, 2.05) is 30.3 Å². The number of halogens is 1. The van der Waals surface area contributed by atoms with Gasteiger partial charge in [0.1, 0.15) is 11.5 Å². The van der Waals surface area contributed by atoms with Gasteiger partial charge in [-0.25, -0.2) is 0 Å². The molecule has 0 aliphatic heterocycles. The van der Waals surface area contributed by atoms with Gasteiger partial charge in [-0.3, -0.25) is 0 Å². The number of hydrogen-bond donors (Lipinski definition) is 1. The molecule has 0 aliphatic carbocycles. The van der Waals surface area contributed by atoms with Crippen LogP contribution >= 0.6 is 11.6 Å². The summed E-state index contributed by atoms with van der Waals surface area (Å²) in [7, 11) is 0. The van der Waals surface area contributed by atoms with Crippen LogP contribution in [0.25, 0.3) is 0 Å². The van der Waals surface area contributed by atoms with Crippen LogP contribution in [-0.4, -0.2) is 6.54 Å². The van der Waals surface area contributed by atoms with Crippen molar-refractivity contribution in [2.24, 2.45) is 0 Å². The summed E-state index contributed by atoms with van der Waals surface area (Å²) in [6, 6.07) is 14.0. The highest BCUT2D eigenvalue weighted by Crippen LogP contribution is 2.30. The third kappa shape index (κ3) is 4.48. The molecule has 0 bridgehead atoms. The van der Waals surface area contributed by atoms with Gasteiger partial charge in [0.05, 0.1) is 0 Å². The SMILES string of the molecule is CCCNCc1c(Cl)cccc1Oc1cccc(CC)c1. The molecule has 2 aromatic carbocycles. The molecule has 0 radical (unpaired) electrons. The van der Waals surface area contributed by atoms with Crippen molar-refractivity contribution in [3.8, 4) is 11.5 Å². The summed E-state index contributed by atoms with van der Waals surface area (Å²) in [6.07, 6.45) is 2.09. The van der Waals surface area contributed by atoms with Gasteiger partial charge in [0, 0.05) is 17.1 Å². The topological polar surface area (TPSA) is 21.3 Å². The van der Waals surface area contributed by atoms with Crippen LogP contribution in [0.5, 0.6) is 11.5 Å². The first-order valence-electron chi connectivity index (χ1n) is 7.49. The Labute approximate surface area is 132 Å². The Bertz CT molecular complexity index is 583. The minimum Gasteiger partial charge on any atom is -0.457 e. The first-order valence-corrected chi connectivity index (χ1v) is 7.87. The summed E-state index contributed by atoms with van der Waals surface area (Å²) >= 11 is 6.31. The van der Waals surface area contributed by atoms with Crippen LogP contribution in [-0.2, 0) is 13.0 Å². The molecule has 0 atom stereocenters. The van der Waals surface area contributed by atoms with Crippen molar-refractivity contribution in [2.75, 3.05) is 6.54 Å². The molecule has 0 fully saturated rings. The molecular weight excluding hydrogens is 282 g/mol. The van der Waals surface area contributed by atoms with Gasteiger partial charge in [0.25, 0.3) is 0 Å². The minimum atomic E-state index is 0.719. The van der Waals surface area contributed by atoms with E-state index >= 15 is 0 Å². The molecule has 0 spiro atoms. The van der Waals surface area contributed by atoms with Gasteiger partial charge in [-0.2, -0.15) is 0 Å². The lowest BCUT2D eigenvalue weighted by atomic mass is 10.1. The van der Waals surface area contributed by atoms with E-state index in [1.54, 1.807) is 0 Å². The summed E-state index contributed by atoms with van der Waals surface area (Å²) in [5.74, 6) is 1.67. The van der Waals surface area contributed by atoms with Gasteiger partial charge >= 0.3 is 0 Å². The molecule has 21 heavy (non-hydrogen) atoms. The second kappa shape index (κ2) is 8.06. The molecule has 0 saturated heterocycles. The molecule has 0 unspecified atom stereocenters. The molecule has 2 aromatic rings. The summed E-state index contributed by atoms with van der Waals surface area (Å²) in [5.41, 5.74) is 2.27. The lowest BCUT2D eigenvalue weighted by Gasteiger charge is -2.14. The number of hydrogen-bond acceptors (Lipinski definition) is 2. The van der Waals surface area contributed by atoms with Crippen molar-refractivity contribution < 1.29 is 4.74 Å². The van der Waals surface area contributed by atoms with Gasteiger partial charge in [-0.05, 0) is 49.2 Å². The Morgan fingerprint density at radius 1 is 1.10 bits per heavy atom. The predicted octanol–water partition coefficient (Wildman–Crippen LogP) is 5.19. The first-order chi connectivity index (χ1) is 10.2. The number of nitrogens with one attached hydrogen (secondary N) is 1. The van der Waals surface area contributed by atoms with Crippen molar-refractivity contribution in [1.29, 1.82) is 0 Å². The van der Waals surface area contributed by atoms with Crippen LogP contribution in [0, 0.1) is 0 Å². The molecule has 0 amide bonds. The summed E-state index contributed by atoms with van der Waals surface area (Å²) in [4.78, 5) is 0. The van der Waals surface area contributed by atoms with Crippen molar-refractivity contribution in [3.05, 3.63) is 58.6 Å². The number of aryl methyl sites for hydroxylation is 1. The molecule has 0 heterocycles. The normalized spacial score (nSPS) is 10.6. The van der Waals surface area contributed by atoms with Crippen LogP contribution in [0.4, 0.5) is 0 Å². The van der Waals surface area contributed by atoms with Gasteiger partial charge in [-0.15, -0.1) is 0 Å². The van der Waals surface area contributed by atoms with E-state index in [2.05, 4.69) is 31.3 Å². The fourth-order valence-electron chi connectivity index (χ4n) is 2.15. The largest absolute Gasteiger partial charge is 0.457 e. The van der Waals surface area contributed by atoms with Crippen molar-refractivity contribution in [1.82, 2.24) is 5.32 Å². The molecule has 3 heteroatoms. The minimum absolute atomic E-state index is 0.719. The molecule has 2 rings (SSSR count).